The van der Waals surface area contributed by atoms with Crippen molar-refractivity contribution in [2.75, 3.05) is 0 Å². The molecule has 1 saturated heterocycles. The van der Waals surface area contributed by atoms with Crippen LogP contribution in [0.2, 0.25) is 10.0 Å². The molecule has 0 bridgehead atoms. The molecule has 100 valence electrons. The summed E-state index contributed by atoms with van der Waals surface area (Å²) in [6, 6.07) is 9.06. The van der Waals surface area contributed by atoms with E-state index in [9.17, 15) is 10.5 Å². The molecule has 0 amide bonds. The van der Waals surface area contributed by atoms with Gasteiger partial charge in [-0.25, -0.2) is 0 Å². The molecule has 4 nitrogen and oxygen atoms in total. The molecule has 0 saturated carbocycles. The first-order chi connectivity index (χ1) is 9.51. The zero-order valence-electron chi connectivity index (χ0n) is 10.0. The van der Waals surface area contributed by atoms with E-state index >= 15 is 0 Å². The molecule has 1 aliphatic rings. The number of benzene rings is 1. The molecule has 0 aliphatic carbocycles. The summed E-state index contributed by atoms with van der Waals surface area (Å²) in [5.74, 6) is -2.23. The van der Waals surface area contributed by atoms with Crippen molar-refractivity contribution in [3.05, 3.63) is 33.8 Å². The Hall–Kier alpha value is -1.53. The minimum Gasteiger partial charge on any atom is -0.297 e. The maximum Gasteiger partial charge on any atom is 0.103 e. The summed E-state index contributed by atoms with van der Waals surface area (Å²) in [7, 11) is 0. The molecular formula is C13H8Cl2N4S. The Labute approximate surface area is 130 Å². The number of nitrogens with one attached hydrogen (secondary N) is 2. The average molecular weight is 323 g/mol. The Bertz CT molecular complexity index is 642. The number of thioether (sulfide) groups is 1. The van der Waals surface area contributed by atoms with Crippen LogP contribution in [0.15, 0.2) is 18.2 Å². The Balaban J connectivity index is 2.62. The second-order valence-electron chi connectivity index (χ2n) is 4.21. The lowest BCUT2D eigenvalue weighted by Gasteiger charge is -2.32. The van der Waals surface area contributed by atoms with Gasteiger partial charge in [0.05, 0.1) is 32.3 Å². The van der Waals surface area contributed by atoms with Crippen molar-refractivity contribution in [1.82, 2.24) is 0 Å². The number of nitrogens with zero attached hydrogens (tertiary/aromatic N) is 2. The van der Waals surface area contributed by atoms with Crippen LogP contribution in [0.4, 0.5) is 0 Å². The summed E-state index contributed by atoms with van der Waals surface area (Å²) >= 11 is 13.0. The van der Waals surface area contributed by atoms with Gasteiger partial charge in [-0.15, -0.1) is 0 Å². The van der Waals surface area contributed by atoms with E-state index in [1.807, 2.05) is 12.1 Å². The fourth-order valence-corrected chi connectivity index (χ4v) is 3.50. The van der Waals surface area contributed by atoms with Gasteiger partial charge in [0.1, 0.15) is 11.8 Å². The molecule has 2 unspecified atom stereocenters. The second-order valence-corrected chi connectivity index (χ2v) is 6.08. The topological polar surface area (TPSA) is 95.3 Å². The normalized spacial score (nSPS) is 25.9. The lowest BCUT2D eigenvalue weighted by atomic mass is 9.78. The van der Waals surface area contributed by atoms with Gasteiger partial charge in [-0.2, -0.15) is 10.5 Å². The van der Waals surface area contributed by atoms with Crippen molar-refractivity contribution >= 4 is 45.1 Å². The van der Waals surface area contributed by atoms with Crippen LogP contribution in [0.25, 0.3) is 0 Å². The van der Waals surface area contributed by atoms with Crippen LogP contribution in [0.3, 0.4) is 0 Å². The summed E-state index contributed by atoms with van der Waals surface area (Å²) in [6.07, 6.45) is 0. The fraction of sp³-hybridized carbons (Fsp3) is 0.231. The highest BCUT2D eigenvalue weighted by molar-refractivity contribution is 8.26. The third-order valence-electron chi connectivity index (χ3n) is 3.12. The van der Waals surface area contributed by atoms with Gasteiger partial charge in [0.15, 0.2) is 0 Å². The van der Waals surface area contributed by atoms with Crippen molar-refractivity contribution in [1.29, 1.82) is 21.3 Å². The van der Waals surface area contributed by atoms with Crippen molar-refractivity contribution in [2.45, 2.75) is 5.92 Å². The Kier molecular flexibility index (Phi) is 4.35. The first-order valence-corrected chi connectivity index (χ1v) is 7.16. The van der Waals surface area contributed by atoms with Crippen molar-refractivity contribution in [3.63, 3.8) is 0 Å². The van der Waals surface area contributed by atoms with Gasteiger partial charge in [-0.3, -0.25) is 10.8 Å². The zero-order valence-corrected chi connectivity index (χ0v) is 12.4. The molecule has 20 heavy (non-hydrogen) atoms. The molecular weight excluding hydrogens is 315 g/mol. The van der Waals surface area contributed by atoms with Gasteiger partial charge in [0.25, 0.3) is 0 Å². The maximum absolute atomic E-state index is 9.29. The largest absolute Gasteiger partial charge is 0.297 e. The smallest absolute Gasteiger partial charge is 0.103 e. The van der Waals surface area contributed by atoms with E-state index in [2.05, 4.69) is 0 Å². The highest BCUT2D eigenvalue weighted by Gasteiger charge is 2.43. The van der Waals surface area contributed by atoms with E-state index in [0.717, 1.165) is 11.8 Å². The van der Waals surface area contributed by atoms with Crippen LogP contribution in [0, 0.1) is 45.3 Å². The van der Waals surface area contributed by atoms with E-state index in [-0.39, 0.29) is 15.1 Å². The van der Waals surface area contributed by atoms with Crippen LogP contribution in [-0.4, -0.2) is 10.1 Å². The zero-order chi connectivity index (χ0) is 14.9. The molecule has 2 atom stereocenters. The minimum atomic E-state index is -0.797. The number of hydrogen-bond donors (Lipinski definition) is 2. The van der Waals surface area contributed by atoms with Crippen LogP contribution in [-0.2, 0) is 0 Å². The summed E-state index contributed by atoms with van der Waals surface area (Å²) in [6.45, 7) is 0. The predicted molar refractivity (Wildman–Crippen MR) is 80.5 cm³/mol. The van der Waals surface area contributed by atoms with Crippen LogP contribution >= 0.6 is 35.0 Å². The number of hydrogen-bond acceptors (Lipinski definition) is 5. The lowest BCUT2D eigenvalue weighted by molar-refractivity contribution is 0.577. The van der Waals surface area contributed by atoms with Gasteiger partial charge in [0, 0.05) is 5.92 Å². The van der Waals surface area contributed by atoms with Gasteiger partial charge in [-0.1, -0.05) is 47.1 Å². The molecule has 7 heteroatoms. The fourth-order valence-electron chi connectivity index (χ4n) is 2.18. The molecule has 0 aromatic heterocycles. The predicted octanol–water partition coefficient (Wildman–Crippen LogP) is 4.06. The molecule has 1 aromatic rings. The summed E-state index contributed by atoms with van der Waals surface area (Å²) in [5.41, 5.74) is 0.534. The molecule has 0 spiro atoms. The summed E-state index contributed by atoms with van der Waals surface area (Å²) in [5, 5.41) is 35.0. The lowest BCUT2D eigenvalue weighted by Crippen LogP contribution is -2.34. The van der Waals surface area contributed by atoms with Crippen LogP contribution < -0.4 is 0 Å². The third-order valence-corrected chi connectivity index (χ3v) is 4.90. The second kappa shape index (κ2) is 5.85. The molecule has 2 N–H and O–H groups in total. The van der Waals surface area contributed by atoms with Crippen molar-refractivity contribution in [2.24, 2.45) is 11.8 Å². The van der Waals surface area contributed by atoms with Gasteiger partial charge < -0.3 is 0 Å². The number of halogens is 2. The standard InChI is InChI=1S/C13H8Cl2N4S/c14-9-3-1-2-6(11(9)15)10-7(4-16)12(18)20-13(19)8(10)5-17/h1-3,7-8,10,18-19H. The Morgan fingerprint density at radius 2 is 1.60 bits per heavy atom. The molecule has 1 aliphatic heterocycles. The van der Waals surface area contributed by atoms with Crippen molar-refractivity contribution < 1.29 is 0 Å². The third kappa shape index (κ3) is 2.41. The van der Waals surface area contributed by atoms with Gasteiger partial charge >= 0.3 is 0 Å². The molecule has 1 fully saturated rings. The molecule has 1 aromatic carbocycles. The first kappa shape index (κ1) is 14.9. The highest BCUT2D eigenvalue weighted by Crippen LogP contribution is 2.45. The van der Waals surface area contributed by atoms with Crippen molar-refractivity contribution in [3.8, 4) is 12.1 Å². The van der Waals surface area contributed by atoms with E-state index in [1.165, 1.54) is 0 Å². The number of rotatable bonds is 1. The van der Waals surface area contributed by atoms with Crippen LogP contribution in [0.5, 0.6) is 0 Å². The molecule has 2 rings (SSSR count). The quantitative estimate of drug-likeness (QED) is 0.816. The number of nitriles is 2. The minimum absolute atomic E-state index is 0.0602. The Morgan fingerprint density at radius 1 is 1.05 bits per heavy atom. The average Bonchev–Trinajstić information content (AvgIpc) is 2.41. The maximum atomic E-state index is 9.29. The van der Waals surface area contributed by atoms with E-state index in [4.69, 9.17) is 34.0 Å². The summed E-state index contributed by atoms with van der Waals surface area (Å²) in [4.78, 5) is 0. The summed E-state index contributed by atoms with van der Waals surface area (Å²) < 4.78 is 0. The first-order valence-electron chi connectivity index (χ1n) is 5.59. The van der Waals surface area contributed by atoms with E-state index in [0.29, 0.717) is 10.6 Å². The SMILES string of the molecule is N#CC1C(=N)SC(=N)C(C#N)C1c1cccc(Cl)c1Cl. The molecule has 1 heterocycles. The van der Waals surface area contributed by atoms with Gasteiger partial charge in [-0.05, 0) is 11.6 Å². The molecule has 0 radical (unpaired) electrons. The van der Waals surface area contributed by atoms with Gasteiger partial charge in [0.2, 0.25) is 0 Å². The van der Waals surface area contributed by atoms with E-state index < -0.39 is 17.8 Å². The Morgan fingerprint density at radius 3 is 2.10 bits per heavy atom. The highest BCUT2D eigenvalue weighted by atomic mass is 35.5. The van der Waals surface area contributed by atoms with E-state index in [1.54, 1.807) is 18.2 Å². The monoisotopic (exact) mass is 322 g/mol. The van der Waals surface area contributed by atoms with Crippen LogP contribution in [0.1, 0.15) is 11.5 Å².